The maximum Gasteiger partial charge on any atom is 0.311 e. The van der Waals surface area contributed by atoms with E-state index in [2.05, 4.69) is 26.0 Å². The lowest BCUT2D eigenvalue weighted by Gasteiger charge is -2.48. The summed E-state index contributed by atoms with van der Waals surface area (Å²) in [5, 5.41) is 11.0. The van der Waals surface area contributed by atoms with Crippen molar-refractivity contribution in [3.63, 3.8) is 0 Å². The van der Waals surface area contributed by atoms with Gasteiger partial charge in [0.25, 0.3) is 0 Å². The lowest BCUT2D eigenvalue weighted by molar-refractivity contribution is -0.134. The Morgan fingerprint density at radius 3 is 2.33 bits per heavy atom. The van der Waals surface area contributed by atoms with E-state index in [1.54, 1.807) is 6.07 Å². The van der Waals surface area contributed by atoms with Gasteiger partial charge in [-0.05, 0) is 93.6 Å². The third-order valence-corrected chi connectivity index (χ3v) is 10.4. The Bertz CT molecular complexity index is 1010. The molecule has 1 N–H and O–H groups in total. The van der Waals surface area contributed by atoms with Crippen molar-refractivity contribution in [1.29, 1.82) is 0 Å². The number of phenols is 1. The zero-order valence-electron chi connectivity index (χ0n) is 25.4. The summed E-state index contributed by atoms with van der Waals surface area (Å²) in [5.74, 6) is 2.21. The highest BCUT2D eigenvalue weighted by atomic mass is 16.5. The second kappa shape index (κ2) is 15.2. The molecule has 4 nitrogen and oxygen atoms in total. The second-order valence-corrected chi connectivity index (χ2v) is 13.2. The van der Waals surface area contributed by atoms with Crippen LogP contribution >= 0.6 is 0 Å². The first-order chi connectivity index (χ1) is 19.4. The molecule has 0 amide bonds. The van der Waals surface area contributed by atoms with E-state index in [1.165, 1.54) is 64.2 Å². The maximum absolute atomic E-state index is 12.6. The molecule has 2 saturated carbocycles. The van der Waals surface area contributed by atoms with E-state index in [-0.39, 0.29) is 17.1 Å². The third-order valence-electron chi connectivity index (χ3n) is 10.4. The van der Waals surface area contributed by atoms with Crippen LogP contribution in [0.2, 0.25) is 0 Å². The molecule has 4 atom stereocenters. The number of phenolic OH excluding ortho intramolecular Hbond substituents is 1. The topological polar surface area (TPSA) is 63.6 Å². The van der Waals surface area contributed by atoms with Crippen LogP contribution in [-0.4, -0.2) is 16.9 Å². The molecule has 0 spiro atoms. The van der Waals surface area contributed by atoms with Gasteiger partial charge in [-0.25, -0.2) is 0 Å². The van der Waals surface area contributed by atoms with Crippen LogP contribution in [0.15, 0.2) is 24.3 Å². The SMILES string of the molecule is CCCCCCCC/C=C\CCCCCCCC(=O)Oc1cc(O)c2c(c1)CC[C@@H]1[C@@H]2CC[C@]2(C)C(=O)CC[C@@H]12. The molecule has 0 radical (unpaired) electrons. The molecule has 222 valence electrons. The number of carbonyl (C=O) groups is 2. The Balaban J connectivity index is 1.11. The summed E-state index contributed by atoms with van der Waals surface area (Å²) >= 11 is 0. The average molecular weight is 551 g/mol. The molecule has 3 aliphatic carbocycles. The minimum absolute atomic E-state index is 0.159. The summed E-state index contributed by atoms with van der Waals surface area (Å²) in [5.41, 5.74) is 2.01. The summed E-state index contributed by atoms with van der Waals surface area (Å²) < 4.78 is 5.66. The van der Waals surface area contributed by atoms with E-state index < -0.39 is 0 Å². The molecule has 0 bridgehead atoms. The van der Waals surface area contributed by atoms with Crippen LogP contribution in [-0.2, 0) is 16.0 Å². The van der Waals surface area contributed by atoms with Gasteiger partial charge in [0.2, 0.25) is 0 Å². The summed E-state index contributed by atoms with van der Waals surface area (Å²) in [7, 11) is 0. The van der Waals surface area contributed by atoms with Crippen LogP contribution in [0.25, 0.3) is 0 Å². The highest BCUT2D eigenvalue weighted by Gasteiger charge is 2.54. The predicted molar refractivity (Wildman–Crippen MR) is 163 cm³/mol. The molecule has 0 saturated heterocycles. The number of allylic oxidation sites excluding steroid dienone is 2. The van der Waals surface area contributed by atoms with Crippen LogP contribution in [0.4, 0.5) is 0 Å². The first-order valence-corrected chi connectivity index (χ1v) is 16.7. The van der Waals surface area contributed by atoms with E-state index in [9.17, 15) is 14.7 Å². The average Bonchev–Trinajstić information content (AvgIpc) is 3.24. The summed E-state index contributed by atoms with van der Waals surface area (Å²) in [6, 6.07) is 3.63. The van der Waals surface area contributed by atoms with Gasteiger partial charge in [0.1, 0.15) is 17.3 Å². The molecule has 4 heteroatoms. The van der Waals surface area contributed by atoms with Crippen molar-refractivity contribution in [2.24, 2.45) is 17.3 Å². The van der Waals surface area contributed by atoms with Crippen LogP contribution in [0, 0.1) is 17.3 Å². The molecule has 3 aliphatic rings. The summed E-state index contributed by atoms with van der Waals surface area (Å²) in [6.45, 7) is 4.44. The van der Waals surface area contributed by atoms with Crippen molar-refractivity contribution in [2.45, 2.75) is 148 Å². The van der Waals surface area contributed by atoms with Gasteiger partial charge >= 0.3 is 5.97 Å². The van der Waals surface area contributed by atoms with Crippen molar-refractivity contribution in [3.8, 4) is 11.5 Å². The molecular weight excluding hydrogens is 496 g/mol. The second-order valence-electron chi connectivity index (χ2n) is 13.2. The Morgan fingerprint density at radius 2 is 1.60 bits per heavy atom. The van der Waals surface area contributed by atoms with E-state index >= 15 is 0 Å². The van der Waals surface area contributed by atoms with Crippen LogP contribution in [0.5, 0.6) is 11.5 Å². The quantitative estimate of drug-likeness (QED) is 0.0963. The fraction of sp³-hybridized carbons (Fsp3) is 0.722. The number of carbonyl (C=O) groups excluding carboxylic acids is 2. The van der Waals surface area contributed by atoms with Gasteiger partial charge in [-0.3, -0.25) is 9.59 Å². The van der Waals surface area contributed by atoms with Gasteiger partial charge in [0.05, 0.1) is 0 Å². The highest BCUT2D eigenvalue weighted by Crippen LogP contribution is 2.60. The van der Waals surface area contributed by atoms with E-state index in [4.69, 9.17) is 4.74 Å². The lowest BCUT2D eigenvalue weighted by atomic mass is 9.55. The molecule has 4 rings (SSSR count). The minimum Gasteiger partial charge on any atom is -0.508 e. The highest BCUT2D eigenvalue weighted by molar-refractivity contribution is 5.87. The molecule has 0 aromatic heterocycles. The molecular formula is C36H54O4. The van der Waals surface area contributed by atoms with Gasteiger partial charge < -0.3 is 9.84 Å². The zero-order chi connectivity index (χ0) is 28.4. The Hall–Kier alpha value is -2.10. The molecule has 0 aliphatic heterocycles. The lowest BCUT2D eigenvalue weighted by Crippen LogP contribution is -2.42. The number of hydrogen-bond acceptors (Lipinski definition) is 4. The normalized spacial score (nSPS) is 25.6. The molecule has 1 aromatic rings. The van der Waals surface area contributed by atoms with E-state index in [1.807, 2.05) is 6.07 Å². The molecule has 0 unspecified atom stereocenters. The van der Waals surface area contributed by atoms with Gasteiger partial charge in [0.15, 0.2) is 0 Å². The number of benzene rings is 1. The van der Waals surface area contributed by atoms with Crippen molar-refractivity contribution in [3.05, 3.63) is 35.4 Å². The summed E-state index contributed by atoms with van der Waals surface area (Å²) in [4.78, 5) is 25.1. The number of hydrogen-bond donors (Lipinski definition) is 1. The largest absolute Gasteiger partial charge is 0.508 e. The third kappa shape index (κ3) is 7.79. The number of esters is 1. The van der Waals surface area contributed by atoms with Crippen molar-refractivity contribution in [2.75, 3.05) is 0 Å². The van der Waals surface area contributed by atoms with Gasteiger partial charge in [0, 0.05) is 29.9 Å². The Labute approximate surface area is 243 Å². The number of Topliss-reactive ketones (excluding diaryl/α,β-unsaturated/α-hetero) is 1. The standard InChI is InChI=1S/C36H54O4/c1-3-4-5-6-7-8-9-10-11-12-13-14-15-16-17-18-34(39)40-28-25-27-19-20-29-30(35(27)32(37)26-28)23-24-36(2)31(29)21-22-33(36)38/h10-11,25-26,29-31,37H,3-9,12-24H2,1-2H3/b11-10-/t29-,30+,31+,36+/m1/s1. The van der Waals surface area contributed by atoms with Gasteiger partial charge in [-0.2, -0.15) is 0 Å². The molecule has 0 heterocycles. The van der Waals surface area contributed by atoms with Crippen molar-refractivity contribution in [1.82, 2.24) is 0 Å². The fourth-order valence-electron chi connectivity index (χ4n) is 8.03. The molecule has 1 aromatic carbocycles. The zero-order valence-corrected chi connectivity index (χ0v) is 25.4. The summed E-state index contributed by atoms with van der Waals surface area (Å²) in [6.07, 6.45) is 26.7. The first kappa shape index (κ1) is 30.8. The predicted octanol–water partition coefficient (Wildman–Crippen LogP) is 9.76. The Morgan fingerprint density at radius 1 is 0.925 bits per heavy atom. The smallest absolute Gasteiger partial charge is 0.311 e. The van der Waals surface area contributed by atoms with Crippen molar-refractivity contribution < 1.29 is 19.4 Å². The number of aromatic hydroxyl groups is 1. The van der Waals surface area contributed by atoms with Gasteiger partial charge in [-0.1, -0.05) is 77.4 Å². The van der Waals surface area contributed by atoms with Crippen molar-refractivity contribution >= 4 is 11.8 Å². The fourth-order valence-corrected chi connectivity index (χ4v) is 8.03. The van der Waals surface area contributed by atoms with Crippen LogP contribution < -0.4 is 4.74 Å². The van der Waals surface area contributed by atoms with E-state index in [0.717, 1.165) is 68.9 Å². The van der Waals surface area contributed by atoms with Gasteiger partial charge in [-0.15, -0.1) is 0 Å². The molecule has 40 heavy (non-hydrogen) atoms. The number of aryl methyl sites for hydroxylation is 1. The van der Waals surface area contributed by atoms with Crippen LogP contribution in [0.1, 0.15) is 153 Å². The first-order valence-electron chi connectivity index (χ1n) is 16.7. The number of ketones is 1. The monoisotopic (exact) mass is 550 g/mol. The number of ether oxygens (including phenoxy) is 1. The number of unbranched alkanes of at least 4 members (excludes halogenated alkanes) is 11. The number of rotatable bonds is 16. The Kier molecular flexibility index (Phi) is 11.7. The minimum atomic E-state index is -0.205. The maximum atomic E-state index is 12.6. The molecule has 2 fully saturated rings. The number of fused-ring (bicyclic) bond motifs is 5. The van der Waals surface area contributed by atoms with Crippen LogP contribution in [0.3, 0.4) is 0 Å². The van der Waals surface area contributed by atoms with E-state index in [0.29, 0.717) is 35.7 Å².